The number of carbonyl (C=O) groups excluding carboxylic acids is 1. The van der Waals surface area contributed by atoms with Gasteiger partial charge in [-0.05, 0) is 69.2 Å². The zero-order chi connectivity index (χ0) is 20.6. The maximum Gasteiger partial charge on any atom is 0.225 e. The SMILES string of the molecule is COc1cc2c(cc1OC)C1(CCN(C(=O)C3CCOC(C)(C)C3)CC1)OCC2. The quantitative estimate of drug-likeness (QED) is 0.775. The van der Waals surface area contributed by atoms with Gasteiger partial charge in [0.2, 0.25) is 5.91 Å². The second kappa shape index (κ2) is 7.80. The van der Waals surface area contributed by atoms with Crippen LogP contribution in [0.15, 0.2) is 12.1 Å². The lowest BCUT2D eigenvalue weighted by Gasteiger charge is -2.46. The van der Waals surface area contributed by atoms with Crippen molar-refractivity contribution in [2.75, 3.05) is 40.5 Å². The lowest BCUT2D eigenvalue weighted by Crippen LogP contribution is -2.51. The fourth-order valence-corrected chi connectivity index (χ4v) is 5.19. The number of amides is 1. The van der Waals surface area contributed by atoms with Crippen LogP contribution in [0.25, 0.3) is 0 Å². The van der Waals surface area contributed by atoms with Gasteiger partial charge >= 0.3 is 0 Å². The molecule has 160 valence electrons. The van der Waals surface area contributed by atoms with E-state index >= 15 is 0 Å². The summed E-state index contributed by atoms with van der Waals surface area (Å²) in [6, 6.07) is 4.16. The topological polar surface area (TPSA) is 57.2 Å². The number of methoxy groups -OCH3 is 2. The maximum absolute atomic E-state index is 13.1. The second-order valence-corrected chi connectivity index (χ2v) is 9.08. The molecular weight excluding hydrogens is 370 g/mol. The smallest absolute Gasteiger partial charge is 0.225 e. The van der Waals surface area contributed by atoms with Crippen molar-refractivity contribution in [1.82, 2.24) is 4.90 Å². The lowest BCUT2D eigenvalue weighted by atomic mass is 9.78. The molecule has 1 aromatic carbocycles. The fraction of sp³-hybridized carbons (Fsp3) is 0.696. The molecule has 1 atom stereocenters. The Morgan fingerprint density at radius 2 is 1.76 bits per heavy atom. The molecule has 1 aromatic rings. The number of likely N-dealkylation sites (tertiary alicyclic amines) is 1. The van der Waals surface area contributed by atoms with Crippen molar-refractivity contribution in [1.29, 1.82) is 0 Å². The zero-order valence-corrected chi connectivity index (χ0v) is 18.1. The largest absolute Gasteiger partial charge is 0.493 e. The van der Waals surface area contributed by atoms with E-state index in [2.05, 4.69) is 26.0 Å². The van der Waals surface area contributed by atoms with Crippen LogP contribution in [0, 0.1) is 5.92 Å². The van der Waals surface area contributed by atoms with Gasteiger partial charge in [-0.1, -0.05) is 0 Å². The van der Waals surface area contributed by atoms with Crippen molar-refractivity contribution in [3.05, 3.63) is 23.3 Å². The van der Waals surface area contributed by atoms with Crippen molar-refractivity contribution < 1.29 is 23.7 Å². The van der Waals surface area contributed by atoms with Gasteiger partial charge in [0.05, 0.1) is 32.0 Å². The number of nitrogens with zero attached hydrogens (tertiary/aromatic N) is 1. The van der Waals surface area contributed by atoms with Crippen LogP contribution in [0.2, 0.25) is 0 Å². The number of hydrogen-bond donors (Lipinski definition) is 0. The Bertz CT molecular complexity index is 767. The minimum absolute atomic E-state index is 0.0664. The highest BCUT2D eigenvalue weighted by molar-refractivity contribution is 5.79. The Hall–Kier alpha value is -1.79. The van der Waals surface area contributed by atoms with Gasteiger partial charge in [0, 0.05) is 25.6 Å². The Morgan fingerprint density at radius 3 is 2.41 bits per heavy atom. The van der Waals surface area contributed by atoms with E-state index < -0.39 is 0 Å². The van der Waals surface area contributed by atoms with Gasteiger partial charge in [0.15, 0.2) is 11.5 Å². The van der Waals surface area contributed by atoms with E-state index in [1.807, 2.05) is 4.90 Å². The Morgan fingerprint density at radius 1 is 1.07 bits per heavy atom. The standard InChI is InChI=1S/C23H33NO5/c1-22(2)15-17(6-11-28-22)21(25)24-9-7-23(8-10-24)18-14-20(27-4)19(26-3)13-16(18)5-12-29-23/h13-14,17H,5-12,15H2,1-4H3. The summed E-state index contributed by atoms with van der Waals surface area (Å²) >= 11 is 0. The molecule has 1 spiro atoms. The van der Waals surface area contributed by atoms with Gasteiger partial charge in [-0.25, -0.2) is 0 Å². The lowest BCUT2D eigenvalue weighted by molar-refractivity contribution is -0.153. The molecule has 2 saturated heterocycles. The predicted molar refractivity (Wildman–Crippen MR) is 109 cm³/mol. The van der Waals surface area contributed by atoms with E-state index in [0.717, 1.165) is 56.7 Å². The van der Waals surface area contributed by atoms with Crippen LogP contribution in [0.3, 0.4) is 0 Å². The summed E-state index contributed by atoms with van der Waals surface area (Å²) in [5, 5.41) is 0. The molecule has 29 heavy (non-hydrogen) atoms. The highest BCUT2D eigenvalue weighted by Gasteiger charge is 2.44. The van der Waals surface area contributed by atoms with E-state index in [1.54, 1.807) is 14.2 Å². The summed E-state index contributed by atoms with van der Waals surface area (Å²) in [5.41, 5.74) is 1.91. The van der Waals surface area contributed by atoms with E-state index in [4.69, 9.17) is 18.9 Å². The normalized spacial score (nSPS) is 25.4. The average Bonchev–Trinajstić information content (AvgIpc) is 2.72. The summed E-state index contributed by atoms with van der Waals surface area (Å²) in [5.74, 6) is 1.84. The van der Waals surface area contributed by atoms with E-state index in [-0.39, 0.29) is 23.0 Å². The number of ether oxygens (including phenoxy) is 4. The average molecular weight is 404 g/mol. The first-order chi connectivity index (χ1) is 13.9. The van der Waals surface area contributed by atoms with Gasteiger partial charge in [-0.2, -0.15) is 0 Å². The Kier molecular flexibility index (Phi) is 5.51. The summed E-state index contributed by atoms with van der Waals surface area (Å²) < 4.78 is 23.2. The molecule has 3 heterocycles. The molecule has 0 radical (unpaired) electrons. The van der Waals surface area contributed by atoms with Crippen LogP contribution in [-0.4, -0.2) is 56.9 Å². The molecule has 1 amide bonds. The molecule has 4 rings (SSSR count). The number of rotatable bonds is 3. The highest BCUT2D eigenvalue weighted by Crippen LogP contribution is 2.45. The maximum atomic E-state index is 13.1. The summed E-state index contributed by atoms with van der Waals surface area (Å²) in [6.07, 6.45) is 4.11. The monoisotopic (exact) mass is 403 g/mol. The van der Waals surface area contributed by atoms with Crippen LogP contribution in [0.5, 0.6) is 11.5 Å². The third-order valence-corrected chi connectivity index (χ3v) is 6.78. The first-order valence-electron chi connectivity index (χ1n) is 10.7. The van der Waals surface area contributed by atoms with Crippen molar-refractivity contribution in [3.63, 3.8) is 0 Å². The molecule has 0 bridgehead atoms. The van der Waals surface area contributed by atoms with E-state index in [1.165, 1.54) is 11.1 Å². The second-order valence-electron chi connectivity index (χ2n) is 9.08. The van der Waals surface area contributed by atoms with Crippen molar-refractivity contribution in [2.24, 2.45) is 5.92 Å². The summed E-state index contributed by atoms with van der Waals surface area (Å²) in [4.78, 5) is 15.2. The minimum atomic E-state index is -0.334. The molecule has 0 aromatic heterocycles. The molecule has 6 heteroatoms. The highest BCUT2D eigenvalue weighted by atomic mass is 16.5. The van der Waals surface area contributed by atoms with Gasteiger partial charge in [0.1, 0.15) is 0 Å². The van der Waals surface area contributed by atoms with Crippen LogP contribution < -0.4 is 9.47 Å². The predicted octanol–water partition coefficient (Wildman–Crippen LogP) is 3.30. The molecule has 1 unspecified atom stereocenters. The number of benzene rings is 1. The van der Waals surface area contributed by atoms with Crippen molar-refractivity contribution in [3.8, 4) is 11.5 Å². The van der Waals surface area contributed by atoms with Crippen LogP contribution in [0.1, 0.15) is 50.7 Å². The first kappa shape index (κ1) is 20.5. The van der Waals surface area contributed by atoms with Crippen LogP contribution in [0.4, 0.5) is 0 Å². The van der Waals surface area contributed by atoms with Gasteiger partial charge in [-0.3, -0.25) is 4.79 Å². The molecule has 0 saturated carbocycles. The molecular formula is C23H33NO5. The first-order valence-corrected chi connectivity index (χ1v) is 10.7. The summed E-state index contributed by atoms with van der Waals surface area (Å²) in [7, 11) is 3.33. The number of carbonyl (C=O) groups is 1. The Labute approximate surface area is 173 Å². The van der Waals surface area contributed by atoms with Crippen LogP contribution >= 0.6 is 0 Å². The van der Waals surface area contributed by atoms with Crippen LogP contribution in [-0.2, 0) is 26.3 Å². The third-order valence-electron chi connectivity index (χ3n) is 6.78. The Balaban J connectivity index is 1.50. The fourth-order valence-electron chi connectivity index (χ4n) is 5.19. The molecule has 0 N–H and O–H groups in total. The summed E-state index contributed by atoms with van der Waals surface area (Å²) in [6.45, 7) is 6.97. The van der Waals surface area contributed by atoms with E-state index in [9.17, 15) is 4.79 Å². The van der Waals surface area contributed by atoms with Gasteiger partial charge < -0.3 is 23.8 Å². The van der Waals surface area contributed by atoms with Gasteiger partial charge in [-0.15, -0.1) is 0 Å². The van der Waals surface area contributed by atoms with Crippen molar-refractivity contribution >= 4 is 5.91 Å². The number of fused-ring (bicyclic) bond motifs is 2. The number of hydrogen-bond acceptors (Lipinski definition) is 5. The molecule has 3 aliphatic rings. The third kappa shape index (κ3) is 3.84. The zero-order valence-electron chi connectivity index (χ0n) is 18.1. The van der Waals surface area contributed by atoms with E-state index in [0.29, 0.717) is 13.2 Å². The molecule has 2 fully saturated rings. The minimum Gasteiger partial charge on any atom is -0.493 e. The van der Waals surface area contributed by atoms with Gasteiger partial charge in [0.25, 0.3) is 0 Å². The molecule has 3 aliphatic heterocycles. The molecule has 6 nitrogen and oxygen atoms in total. The molecule has 0 aliphatic carbocycles. The van der Waals surface area contributed by atoms with Crippen molar-refractivity contribution in [2.45, 2.75) is 57.2 Å². The number of piperidine rings is 1.